The van der Waals surface area contributed by atoms with Crippen molar-refractivity contribution < 1.29 is 0 Å². The molecule has 0 aromatic carbocycles. The Labute approximate surface area is 114 Å². The minimum Gasteiger partial charge on any atom is -0.367 e. The average Bonchev–Trinajstić information content (AvgIpc) is 3.28. The van der Waals surface area contributed by atoms with Crippen LogP contribution in [0.1, 0.15) is 42.5 Å². The van der Waals surface area contributed by atoms with Crippen molar-refractivity contribution in [2.45, 2.75) is 44.6 Å². The largest absolute Gasteiger partial charge is 0.367 e. The number of nitriles is 1. The van der Waals surface area contributed by atoms with Crippen molar-refractivity contribution in [3.8, 4) is 6.07 Å². The number of pyridine rings is 1. The zero-order chi connectivity index (χ0) is 13.2. The third-order valence-corrected chi connectivity index (χ3v) is 4.15. The maximum Gasteiger partial charge on any atom is 0.144 e. The second-order valence-corrected chi connectivity index (χ2v) is 5.69. The van der Waals surface area contributed by atoms with E-state index in [0.29, 0.717) is 18.0 Å². The second kappa shape index (κ2) is 5.18. The summed E-state index contributed by atoms with van der Waals surface area (Å²) in [4.78, 5) is 4.65. The highest BCUT2D eigenvalue weighted by Crippen LogP contribution is 2.31. The van der Waals surface area contributed by atoms with Crippen molar-refractivity contribution >= 4 is 5.82 Å². The molecule has 1 heterocycles. The molecule has 1 fully saturated rings. The summed E-state index contributed by atoms with van der Waals surface area (Å²) >= 11 is 0. The quantitative estimate of drug-likeness (QED) is 0.863. The van der Waals surface area contributed by atoms with Crippen LogP contribution in [0, 0.1) is 17.2 Å². The van der Waals surface area contributed by atoms with E-state index in [4.69, 9.17) is 5.73 Å². The Morgan fingerprint density at radius 1 is 1.42 bits per heavy atom. The Hall–Kier alpha value is -1.60. The first-order valence-corrected chi connectivity index (χ1v) is 7.20. The van der Waals surface area contributed by atoms with E-state index in [-0.39, 0.29) is 6.04 Å². The summed E-state index contributed by atoms with van der Waals surface area (Å²) in [5.41, 5.74) is 9.15. The van der Waals surface area contributed by atoms with Gasteiger partial charge < -0.3 is 11.1 Å². The van der Waals surface area contributed by atoms with Crippen LogP contribution in [0.3, 0.4) is 0 Å². The monoisotopic (exact) mass is 256 g/mol. The van der Waals surface area contributed by atoms with Gasteiger partial charge >= 0.3 is 0 Å². The van der Waals surface area contributed by atoms with Gasteiger partial charge in [-0.05, 0) is 56.1 Å². The first-order chi connectivity index (χ1) is 9.28. The zero-order valence-corrected chi connectivity index (χ0v) is 11.2. The number of fused-ring (bicyclic) bond motifs is 1. The molecule has 1 atom stereocenters. The summed E-state index contributed by atoms with van der Waals surface area (Å²) in [6.07, 6.45) is 6.98. The summed E-state index contributed by atoms with van der Waals surface area (Å²) in [6.45, 7) is 0.713. The standard InChI is InChI=1S/C15H20N4/c16-8-12-7-11-3-1-2-4-14(11)19-15(12)18-9-13(17)10-5-6-10/h7,10,13H,1-6,9,17H2,(H,18,19). The topological polar surface area (TPSA) is 74.7 Å². The van der Waals surface area contributed by atoms with Crippen molar-refractivity contribution in [1.29, 1.82) is 5.26 Å². The van der Waals surface area contributed by atoms with E-state index in [0.717, 1.165) is 24.4 Å². The van der Waals surface area contributed by atoms with Gasteiger partial charge in [0.1, 0.15) is 11.9 Å². The minimum absolute atomic E-state index is 0.185. The highest BCUT2D eigenvalue weighted by Gasteiger charge is 2.28. The highest BCUT2D eigenvalue weighted by molar-refractivity contribution is 5.54. The van der Waals surface area contributed by atoms with Crippen LogP contribution in [0.4, 0.5) is 5.82 Å². The normalized spacial score (nSPS) is 19.4. The SMILES string of the molecule is N#Cc1cc2c(nc1NCC(N)C1CC1)CCCC2. The predicted molar refractivity (Wildman–Crippen MR) is 74.8 cm³/mol. The summed E-state index contributed by atoms with van der Waals surface area (Å²) < 4.78 is 0. The van der Waals surface area contributed by atoms with Crippen LogP contribution in [0.25, 0.3) is 0 Å². The fraction of sp³-hybridized carbons (Fsp3) is 0.600. The van der Waals surface area contributed by atoms with Crippen molar-refractivity contribution in [2.75, 3.05) is 11.9 Å². The van der Waals surface area contributed by atoms with Crippen molar-refractivity contribution in [2.24, 2.45) is 11.7 Å². The Morgan fingerprint density at radius 2 is 2.21 bits per heavy atom. The molecule has 1 aromatic heterocycles. The molecule has 3 N–H and O–H groups in total. The first-order valence-electron chi connectivity index (χ1n) is 7.20. The van der Waals surface area contributed by atoms with E-state index in [9.17, 15) is 5.26 Å². The molecule has 2 aliphatic carbocycles. The fourth-order valence-corrected chi connectivity index (χ4v) is 2.76. The molecular formula is C15H20N4. The van der Waals surface area contributed by atoms with Crippen molar-refractivity contribution in [3.05, 3.63) is 22.9 Å². The van der Waals surface area contributed by atoms with Crippen LogP contribution in [-0.2, 0) is 12.8 Å². The van der Waals surface area contributed by atoms with Gasteiger partial charge in [-0.1, -0.05) is 0 Å². The summed E-state index contributed by atoms with van der Waals surface area (Å²) in [5, 5.41) is 12.5. The lowest BCUT2D eigenvalue weighted by Gasteiger charge is -2.18. The lowest BCUT2D eigenvalue weighted by molar-refractivity contribution is 0.618. The third-order valence-electron chi connectivity index (χ3n) is 4.15. The van der Waals surface area contributed by atoms with Gasteiger partial charge in [0.2, 0.25) is 0 Å². The number of nitrogens with one attached hydrogen (secondary N) is 1. The maximum absolute atomic E-state index is 9.25. The van der Waals surface area contributed by atoms with Gasteiger partial charge in [-0.3, -0.25) is 0 Å². The molecule has 19 heavy (non-hydrogen) atoms. The molecule has 4 heteroatoms. The highest BCUT2D eigenvalue weighted by atomic mass is 15.0. The van der Waals surface area contributed by atoms with Gasteiger partial charge in [0.05, 0.1) is 5.56 Å². The molecule has 1 saturated carbocycles. The maximum atomic E-state index is 9.25. The summed E-state index contributed by atoms with van der Waals surface area (Å²) in [7, 11) is 0. The molecule has 4 nitrogen and oxygen atoms in total. The van der Waals surface area contributed by atoms with Crippen LogP contribution in [0.15, 0.2) is 6.07 Å². The Kier molecular flexibility index (Phi) is 3.39. The number of aromatic nitrogens is 1. The number of aryl methyl sites for hydroxylation is 2. The zero-order valence-electron chi connectivity index (χ0n) is 11.2. The van der Waals surface area contributed by atoms with E-state index < -0.39 is 0 Å². The Bertz CT molecular complexity index is 514. The lowest BCUT2D eigenvalue weighted by Crippen LogP contribution is -2.31. The number of nitrogens with two attached hydrogens (primary N) is 1. The molecule has 0 spiro atoms. The van der Waals surface area contributed by atoms with E-state index >= 15 is 0 Å². The first kappa shape index (κ1) is 12.4. The predicted octanol–water partition coefficient (Wildman–Crippen LogP) is 1.98. The Morgan fingerprint density at radius 3 is 2.95 bits per heavy atom. The summed E-state index contributed by atoms with van der Waals surface area (Å²) in [6, 6.07) is 4.44. The smallest absolute Gasteiger partial charge is 0.144 e. The summed E-state index contributed by atoms with van der Waals surface area (Å²) in [5.74, 6) is 1.38. The fourth-order valence-electron chi connectivity index (χ4n) is 2.76. The molecular weight excluding hydrogens is 236 g/mol. The van der Waals surface area contributed by atoms with E-state index in [1.54, 1.807) is 0 Å². The second-order valence-electron chi connectivity index (χ2n) is 5.69. The van der Waals surface area contributed by atoms with Crippen LogP contribution in [0.5, 0.6) is 0 Å². The number of anilines is 1. The number of rotatable bonds is 4. The van der Waals surface area contributed by atoms with Crippen molar-refractivity contribution in [1.82, 2.24) is 4.98 Å². The number of hydrogen-bond donors (Lipinski definition) is 2. The van der Waals surface area contributed by atoms with Gasteiger partial charge in [0.25, 0.3) is 0 Å². The molecule has 1 aromatic rings. The van der Waals surface area contributed by atoms with Crippen LogP contribution >= 0.6 is 0 Å². The van der Waals surface area contributed by atoms with E-state index in [1.807, 2.05) is 6.07 Å². The molecule has 2 aliphatic rings. The molecule has 0 saturated heterocycles. The van der Waals surface area contributed by atoms with Gasteiger partial charge in [-0.15, -0.1) is 0 Å². The van der Waals surface area contributed by atoms with E-state index in [1.165, 1.54) is 31.2 Å². The molecule has 0 amide bonds. The molecule has 3 rings (SSSR count). The Balaban J connectivity index is 1.77. The molecule has 0 bridgehead atoms. The number of nitrogens with zero attached hydrogens (tertiary/aromatic N) is 2. The van der Waals surface area contributed by atoms with Gasteiger partial charge in [-0.25, -0.2) is 4.98 Å². The van der Waals surface area contributed by atoms with Gasteiger partial charge in [-0.2, -0.15) is 5.26 Å². The molecule has 100 valence electrons. The van der Waals surface area contributed by atoms with Gasteiger partial charge in [0, 0.05) is 18.3 Å². The van der Waals surface area contributed by atoms with E-state index in [2.05, 4.69) is 16.4 Å². The molecule has 0 radical (unpaired) electrons. The van der Waals surface area contributed by atoms with Gasteiger partial charge in [0.15, 0.2) is 0 Å². The van der Waals surface area contributed by atoms with Crippen LogP contribution in [0.2, 0.25) is 0 Å². The number of hydrogen-bond acceptors (Lipinski definition) is 4. The lowest BCUT2D eigenvalue weighted by atomic mass is 9.95. The molecule has 0 aliphatic heterocycles. The minimum atomic E-state index is 0.185. The average molecular weight is 256 g/mol. The van der Waals surface area contributed by atoms with Crippen LogP contribution < -0.4 is 11.1 Å². The third kappa shape index (κ3) is 2.71. The molecule has 1 unspecified atom stereocenters. The van der Waals surface area contributed by atoms with Crippen molar-refractivity contribution in [3.63, 3.8) is 0 Å². The van der Waals surface area contributed by atoms with Crippen LogP contribution in [-0.4, -0.2) is 17.6 Å².